The number of aryl methyl sites for hydroxylation is 1. The van der Waals surface area contributed by atoms with E-state index in [4.69, 9.17) is 0 Å². The largest absolute Gasteiger partial charge is 0.355 e. The molecule has 1 aromatic carbocycles. The Morgan fingerprint density at radius 2 is 1.95 bits per heavy atom. The molecule has 0 saturated carbocycles. The number of amides is 1. The van der Waals surface area contributed by atoms with Gasteiger partial charge in [0.25, 0.3) is 5.91 Å². The maximum Gasteiger partial charge on any atom is 0.301 e. The Morgan fingerprint density at radius 1 is 1.29 bits per heavy atom. The summed E-state index contributed by atoms with van der Waals surface area (Å²) in [5.41, 5.74) is 1.61. The van der Waals surface area contributed by atoms with Gasteiger partial charge in [-0.25, -0.2) is 0 Å². The predicted molar refractivity (Wildman–Crippen MR) is 81.6 cm³/mol. The SMILES string of the molecule is CNC(=O)c1ccc(C)c(NS(=O)(=O)N2CCNCC2)c1. The molecule has 7 nitrogen and oxygen atoms in total. The lowest BCUT2D eigenvalue weighted by Gasteiger charge is -2.27. The number of carbonyl (C=O) groups excluding carboxylic acids is 1. The molecule has 1 heterocycles. The molecule has 3 N–H and O–H groups in total. The number of benzene rings is 1. The fraction of sp³-hybridized carbons (Fsp3) is 0.462. The number of hydrogen-bond donors (Lipinski definition) is 3. The zero-order valence-electron chi connectivity index (χ0n) is 12.1. The minimum atomic E-state index is -3.60. The van der Waals surface area contributed by atoms with Gasteiger partial charge in [-0.2, -0.15) is 12.7 Å². The maximum absolute atomic E-state index is 12.3. The molecule has 1 amide bonds. The Hall–Kier alpha value is -1.64. The number of anilines is 1. The summed E-state index contributed by atoms with van der Waals surface area (Å²) < 4.78 is 28.7. The molecule has 0 aliphatic carbocycles. The van der Waals surface area contributed by atoms with E-state index >= 15 is 0 Å². The van der Waals surface area contributed by atoms with E-state index in [1.807, 2.05) is 0 Å². The molecule has 1 aliphatic rings. The number of hydrogen-bond acceptors (Lipinski definition) is 4. The Bertz CT molecular complexity index is 624. The molecule has 0 radical (unpaired) electrons. The molecule has 0 bridgehead atoms. The van der Waals surface area contributed by atoms with Crippen molar-refractivity contribution in [2.45, 2.75) is 6.92 Å². The molecular weight excluding hydrogens is 292 g/mol. The van der Waals surface area contributed by atoms with Gasteiger partial charge in [-0.1, -0.05) is 6.07 Å². The number of piperazine rings is 1. The van der Waals surface area contributed by atoms with Gasteiger partial charge in [0.1, 0.15) is 0 Å². The molecule has 1 saturated heterocycles. The van der Waals surface area contributed by atoms with Crippen molar-refractivity contribution in [3.63, 3.8) is 0 Å². The molecule has 0 spiro atoms. The molecule has 2 rings (SSSR count). The van der Waals surface area contributed by atoms with E-state index < -0.39 is 10.2 Å². The fourth-order valence-corrected chi connectivity index (χ4v) is 3.40. The van der Waals surface area contributed by atoms with E-state index in [9.17, 15) is 13.2 Å². The van der Waals surface area contributed by atoms with Crippen LogP contribution >= 0.6 is 0 Å². The van der Waals surface area contributed by atoms with E-state index in [-0.39, 0.29) is 5.91 Å². The van der Waals surface area contributed by atoms with Crippen molar-refractivity contribution in [3.05, 3.63) is 29.3 Å². The molecule has 1 fully saturated rings. The highest BCUT2D eigenvalue weighted by Crippen LogP contribution is 2.19. The van der Waals surface area contributed by atoms with Crippen LogP contribution < -0.4 is 15.4 Å². The van der Waals surface area contributed by atoms with Crippen LogP contribution in [0.2, 0.25) is 0 Å². The molecule has 0 unspecified atom stereocenters. The van der Waals surface area contributed by atoms with Crippen molar-refractivity contribution in [3.8, 4) is 0 Å². The van der Waals surface area contributed by atoms with Crippen LogP contribution in [0.5, 0.6) is 0 Å². The quantitative estimate of drug-likeness (QED) is 0.725. The molecule has 21 heavy (non-hydrogen) atoms. The summed E-state index contributed by atoms with van der Waals surface area (Å²) in [4.78, 5) is 11.6. The summed E-state index contributed by atoms with van der Waals surface area (Å²) in [7, 11) is -2.06. The zero-order valence-corrected chi connectivity index (χ0v) is 13.0. The van der Waals surface area contributed by atoms with E-state index in [1.165, 1.54) is 11.4 Å². The van der Waals surface area contributed by atoms with Gasteiger partial charge in [-0.3, -0.25) is 9.52 Å². The highest BCUT2D eigenvalue weighted by atomic mass is 32.2. The smallest absolute Gasteiger partial charge is 0.301 e. The number of carbonyl (C=O) groups is 1. The van der Waals surface area contributed by atoms with Gasteiger partial charge in [-0.15, -0.1) is 0 Å². The van der Waals surface area contributed by atoms with Gasteiger partial charge >= 0.3 is 10.2 Å². The number of nitrogens with zero attached hydrogens (tertiary/aromatic N) is 1. The van der Waals surface area contributed by atoms with Crippen LogP contribution in [0.3, 0.4) is 0 Å². The normalized spacial score (nSPS) is 16.5. The van der Waals surface area contributed by atoms with Crippen molar-refractivity contribution in [1.82, 2.24) is 14.9 Å². The van der Waals surface area contributed by atoms with Crippen LogP contribution in [-0.2, 0) is 10.2 Å². The van der Waals surface area contributed by atoms with Gasteiger partial charge in [0.15, 0.2) is 0 Å². The van der Waals surface area contributed by atoms with Gasteiger partial charge in [0, 0.05) is 38.8 Å². The molecule has 8 heteroatoms. The van der Waals surface area contributed by atoms with Crippen LogP contribution in [0.4, 0.5) is 5.69 Å². The summed E-state index contributed by atoms with van der Waals surface area (Å²) in [6.45, 7) is 3.94. The first-order valence-electron chi connectivity index (χ1n) is 6.75. The minimum absolute atomic E-state index is 0.252. The first-order valence-corrected chi connectivity index (χ1v) is 8.19. The third-order valence-corrected chi connectivity index (χ3v) is 4.90. The van der Waals surface area contributed by atoms with Crippen molar-refractivity contribution < 1.29 is 13.2 Å². The van der Waals surface area contributed by atoms with Crippen LogP contribution in [-0.4, -0.2) is 51.9 Å². The first-order chi connectivity index (χ1) is 9.94. The minimum Gasteiger partial charge on any atom is -0.355 e. The van der Waals surface area contributed by atoms with Crippen LogP contribution in [0.15, 0.2) is 18.2 Å². The predicted octanol–water partition coefficient (Wildman–Crippen LogP) is -0.0835. The Labute approximate surface area is 124 Å². The van der Waals surface area contributed by atoms with Gasteiger partial charge < -0.3 is 10.6 Å². The Balaban J connectivity index is 2.23. The second-order valence-electron chi connectivity index (χ2n) is 4.86. The fourth-order valence-electron chi connectivity index (χ4n) is 2.11. The van der Waals surface area contributed by atoms with Crippen molar-refractivity contribution >= 4 is 21.8 Å². The van der Waals surface area contributed by atoms with E-state index in [0.717, 1.165) is 5.56 Å². The number of nitrogens with one attached hydrogen (secondary N) is 3. The Kier molecular flexibility index (Phi) is 4.81. The summed E-state index contributed by atoms with van der Waals surface area (Å²) in [6, 6.07) is 4.94. The lowest BCUT2D eigenvalue weighted by Crippen LogP contribution is -2.48. The highest BCUT2D eigenvalue weighted by molar-refractivity contribution is 7.90. The third kappa shape index (κ3) is 3.72. The van der Waals surface area contributed by atoms with Gasteiger partial charge in [0.2, 0.25) is 0 Å². The van der Waals surface area contributed by atoms with E-state index in [2.05, 4.69) is 15.4 Å². The number of rotatable bonds is 4. The molecule has 0 aromatic heterocycles. The standard InChI is InChI=1S/C13H20N4O3S/c1-10-3-4-11(13(18)14-2)9-12(10)16-21(19,20)17-7-5-15-6-8-17/h3-4,9,15-16H,5-8H2,1-2H3,(H,14,18). The maximum atomic E-state index is 12.3. The summed E-state index contributed by atoms with van der Waals surface area (Å²) in [5, 5.41) is 5.63. The van der Waals surface area contributed by atoms with E-state index in [1.54, 1.807) is 25.1 Å². The molecule has 0 atom stereocenters. The molecule has 116 valence electrons. The summed E-state index contributed by atoms with van der Waals surface area (Å²) >= 11 is 0. The molecule has 1 aliphatic heterocycles. The second-order valence-corrected chi connectivity index (χ2v) is 6.54. The van der Waals surface area contributed by atoms with Crippen LogP contribution in [0.25, 0.3) is 0 Å². The zero-order chi connectivity index (χ0) is 15.5. The summed E-state index contributed by atoms with van der Waals surface area (Å²) in [5.74, 6) is -0.252. The van der Waals surface area contributed by atoms with Crippen LogP contribution in [0, 0.1) is 6.92 Å². The molecular formula is C13H20N4O3S. The highest BCUT2D eigenvalue weighted by Gasteiger charge is 2.24. The molecule has 1 aromatic rings. The van der Waals surface area contributed by atoms with Gasteiger partial charge in [-0.05, 0) is 24.6 Å². The third-order valence-electron chi connectivity index (χ3n) is 3.38. The summed E-state index contributed by atoms with van der Waals surface area (Å²) in [6.07, 6.45) is 0. The second kappa shape index (κ2) is 6.42. The average Bonchev–Trinajstić information content (AvgIpc) is 2.49. The van der Waals surface area contributed by atoms with Crippen molar-refractivity contribution in [1.29, 1.82) is 0 Å². The van der Waals surface area contributed by atoms with E-state index in [0.29, 0.717) is 37.4 Å². The van der Waals surface area contributed by atoms with Gasteiger partial charge in [0.05, 0.1) is 5.69 Å². The first kappa shape index (κ1) is 15.7. The monoisotopic (exact) mass is 312 g/mol. The Morgan fingerprint density at radius 3 is 2.57 bits per heavy atom. The van der Waals surface area contributed by atoms with Crippen molar-refractivity contribution in [2.24, 2.45) is 0 Å². The van der Waals surface area contributed by atoms with Crippen molar-refractivity contribution in [2.75, 3.05) is 37.9 Å². The topological polar surface area (TPSA) is 90.5 Å². The lowest BCUT2D eigenvalue weighted by atomic mass is 10.1. The van der Waals surface area contributed by atoms with Crippen LogP contribution in [0.1, 0.15) is 15.9 Å². The average molecular weight is 312 g/mol. The lowest BCUT2D eigenvalue weighted by molar-refractivity contribution is 0.0963.